The number of nitrogens with zero attached hydrogens (tertiary/aromatic N) is 2. The van der Waals surface area contributed by atoms with Gasteiger partial charge in [-0.2, -0.15) is 0 Å². The van der Waals surface area contributed by atoms with E-state index in [0.717, 1.165) is 27.8 Å². The van der Waals surface area contributed by atoms with E-state index < -0.39 is 17.9 Å². The van der Waals surface area contributed by atoms with Crippen LogP contribution in [0.3, 0.4) is 0 Å². The van der Waals surface area contributed by atoms with Crippen LogP contribution in [0.5, 0.6) is 0 Å². The molecule has 6 nitrogen and oxygen atoms in total. The lowest BCUT2D eigenvalue weighted by Crippen LogP contribution is -2.31. The van der Waals surface area contributed by atoms with Crippen LogP contribution in [0.2, 0.25) is 0 Å². The molecule has 37 heavy (non-hydrogen) atoms. The standard InChI is InChI=1S/C31H30N2O4/c1-20-12-13-28(35)33(19-20)31(23-10-5-4-6-11-23)27(34)15-24(16-29(36)37)25-14-26(18-32-17-25)30-21(2)8-7-9-22(30)3/h4-14,17-19,24,31H,15-16H2,1-3H3,(H,36,37)/t24-,31+/m0/s1. The van der Waals surface area contributed by atoms with E-state index in [4.69, 9.17) is 0 Å². The molecule has 0 saturated heterocycles. The van der Waals surface area contributed by atoms with Gasteiger partial charge in [-0.05, 0) is 60.2 Å². The average Bonchev–Trinajstić information content (AvgIpc) is 2.86. The molecule has 0 saturated carbocycles. The third-order valence-electron chi connectivity index (χ3n) is 6.65. The maximum absolute atomic E-state index is 13.9. The summed E-state index contributed by atoms with van der Waals surface area (Å²) in [4.78, 5) is 42.9. The Balaban J connectivity index is 1.75. The van der Waals surface area contributed by atoms with Crippen LogP contribution in [0.4, 0.5) is 0 Å². The Bertz CT molecular complexity index is 1470. The van der Waals surface area contributed by atoms with E-state index in [1.165, 1.54) is 10.6 Å². The van der Waals surface area contributed by atoms with Crippen molar-refractivity contribution < 1.29 is 14.7 Å². The smallest absolute Gasteiger partial charge is 0.303 e. The molecular formula is C31H30N2O4. The normalized spacial score (nSPS) is 12.6. The number of ketones is 1. The van der Waals surface area contributed by atoms with Gasteiger partial charge in [-0.25, -0.2) is 0 Å². The number of Topliss-reactive ketones (excluding diaryl/α,β-unsaturated/α-hetero) is 1. The molecule has 4 aromatic rings. The minimum atomic E-state index is -1.00. The largest absolute Gasteiger partial charge is 0.481 e. The number of pyridine rings is 2. The molecule has 0 amide bonds. The molecule has 1 N–H and O–H groups in total. The fourth-order valence-electron chi connectivity index (χ4n) is 4.91. The molecule has 0 bridgehead atoms. The minimum absolute atomic E-state index is 0.0515. The summed E-state index contributed by atoms with van der Waals surface area (Å²) in [6.45, 7) is 5.91. The Labute approximate surface area is 216 Å². The number of benzene rings is 2. The van der Waals surface area contributed by atoms with Crippen LogP contribution >= 0.6 is 0 Å². The van der Waals surface area contributed by atoms with E-state index in [9.17, 15) is 19.5 Å². The fourth-order valence-corrected chi connectivity index (χ4v) is 4.91. The van der Waals surface area contributed by atoms with Crippen molar-refractivity contribution in [3.63, 3.8) is 0 Å². The number of carbonyl (C=O) groups excluding carboxylic acids is 1. The van der Waals surface area contributed by atoms with Crippen molar-refractivity contribution in [3.05, 3.63) is 123 Å². The van der Waals surface area contributed by atoms with Crippen molar-refractivity contribution in [1.29, 1.82) is 0 Å². The van der Waals surface area contributed by atoms with Crippen LogP contribution in [0.15, 0.2) is 90.1 Å². The molecule has 4 rings (SSSR count). The quantitative estimate of drug-likeness (QED) is 0.325. The van der Waals surface area contributed by atoms with E-state index in [-0.39, 0.29) is 24.2 Å². The number of hydrogen-bond acceptors (Lipinski definition) is 4. The molecule has 2 aromatic carbocycles. The van der Waals surface area contributed by atoms with Gasteiger partial charge in [-0.1, -0.05) is 54.6 Å². The number of carboxylic acid groups (broad SMARTS) is 1. The lowest BCUT2D eigenvalue weighted by Gasteiger charge is -2.23. The van der Waals surface area contributed by atoms with Gasteiger partial charge in [-0.3, -0.25) is 19.4 Å². The summed E-state index contributed by atoms with van der Waals surface area (Å²) in [7, 11) is 0. The number of hydrogen-bond donors (Lipinski definition) is 1. The third-order valence-corrected chi connectivity index (χ3v) is 6.65. The van der Waals surface area contributed by atoms with Crippen LogP contribution < -0.4 is 5.56 Å². The van der Waals surface area contributed by atoms with Crippen LogP contribution in [0.25, 0.3) is 11.1 Å². The maximum atomic E-state index is 13.9. The molecule has 0 aliphatic rings. The van der Waals surface area contributed by atoms with Gasteiger partial charge in [0.05, 0.1) is 6.42 Å². The first kappa shape index (κ1) is 25.8. The van der Waals surface area contributed by atoms with Gasteiger partial charge in [0.2, 0.25) is 0 Å². The maximum Gasteiger partial charge on any atom is 0.303 e. The summed E-state index contributed by atoms with van der Waals surface area (Å²) < 4.78 is 1.44. The summed E-state index contributed by atoms with van der Waals surface area (Å²) in [6.07, 6.45) is 4.79. The molecular weight excluding hydrogens is 464 g/mol. The van der Waals surface area contributed by atoms with E-state index in [2.05, 4.69) is 4.98 Å². The Kier molecular flexibility index (Phi) is 7.77. The first-order valence-corrected chi connectivity index (χ1v) is 12.2. The van der Waals surface area contributed by atoms with E-state index in [1.807, 2.05) is 75.4 Å². The number of rotatable bonds is 9. The molecule has 188 valence electrons. The van der Waals surface area contributed by atoms with Gasteiger partial charge in [0.25, 0.3) is 5.56 Å². The van der Waals surface area contributed by atoms with Gasteiger partial charge >= 0.3 is 5.97 Å². The average molecular weight is 495 g/mol. The Morgan fingerprint density at radius 1 is 0.865 bits per heavy atom. The molecule has 0 spiro atoms. The summed E-state index contributed by atoms with van der Waals surface area (Å²) in [5, 5.41) is 9.70. The van der Waals surface area contributed by atoms with Gasteiger partial charge in [0.1, 0.15) is 6.04 Å². The topological polar surface area (TPSA) is 89.3 Å². The van der Waals surface area contributed by atoms with Gasteiger partial charge < -0.3 is 9.67 Å². The molecule has 6 heteroatoms. The minimum Gasteiger partial charge on any atom is -0.481 e. The zero-order chi connectivity index (χ0) is 26.5. The second kappa shape index (κ2) is 11.2. The van der Waals surface area contributed by atoms with E-state index in [1.54, 1.807) is 24.7 Å². The Hall–Kier alpha value is -4.32. The monoisotopic (exact) mass is 494 g/mol. The van der Waals surface area contributed by atoms with Crippen molar-refractivity contribution in [1.82, 2.24) is 9.55 Å². The highest BCUT2D eigenvalue weighted by atomic mass is 16.4. The van der Waals surface area contributed by atoms with Gasteiger partial charge in [0.15, 0.2) is 5.78 Å². The Morgan fingerprint density at radius 2 is 1.57 bits per heavy atom. The van der Waals surface area contributed by atoms with Crippen molar-refractivity contribution in [3.8, 4) is 11.1 Å². The molecule has 2 aromatic heterocycles. The molecule has 0 radical (unpaired) electrons. The van der Waals surface area contributed by atoms with Crippen LogP contribution in [0, 0.1) is 20.8 Å². The second-order valence-electron chi connectivity index (χ2n) is 9.50. The SMILES string of the molecule is Cc1ccc(=O)n([C@@H](C(=O)C[C@@H](CC(=O)O)c2cncc(-c3c(C)cccc3C)c2)c2ccccc2)c1. The molecule has 0 aliphatic heterocycles. The molecule has 0 unspecified atom stereocenters. The fraction of sp³-hybridized carbons (Fsp3) is 0.226. The summed E-state index contributed by atoms with van der Waals surface area (Å²) in [5.41, 5.74) is 6.02. The number of carbonyl (C=O) groups is 2. The van der Waals surface area contributed by atoms with Crippen molar-refractivity contribution >= 4 is 11.8 Å². The summed E-state index contributed by atoms with van der Waals surface area (Å²) in [5.74, 6) is -1.84. The lowest BCUT2D eigenvalue weighted by molar-refractivity contribution is -0.137. The van der Waals surface area contributed by atoms with Crippen molar-refractivity contribution in [2.24, 2.45) is 0 Å². The highest BCUT2D eigenvalue weighted by Gasteiger charge is 2.28. The van der Waals surface area contributed by atoms with Crippen LogP contribution in [0.1, 0.15) is 52.6 Å². The first-order chi connectivity index (χ1) is 17.7. The number of aliphatic carboxylic acids is 1. The number of carboxylic acids is 1. The molecule has 0 aliphatic carbocycles. The Morgan fingerprint density at radius 3 is 2.24 bits per heavy atom. The zero-order valence-corrected chi connectivity index (χ0v) is 21.2. The summed E-state index contributed by atoms with van der Waals surface area (Å²) >= 11 is 0. The van der Waals surface area contributed by atoms with Crippen LogP contribution in [-0.2, 0) is 9.59 Å². The summed E-state index contributed by atoms with van der Waals surface area (Å²) in [6, 6.07) is 19.4. The van der Waals surface area contributed by atoms with Gasteiger partial charge in [-0.15, -0.1) is 0 Å². The zero-order valence-electron chi connectivity index (χ0n) is 21.2. The number of aromatic nitrogens is 2. The van der Waals surface area contributed by atoms with Crippen molar-refractivity contribution in [2.75, 3.05) is 0 Å². The van der Waals surface area contributed by atoms with Crippen LogP contribution in [-0.4, -0.2) is 26.4 Å². The van der Waals surface area contributed by atoms with Gasteiger partial charge in [0, 0.05) is 42.6 Å². The third kappa shape index (κ3) is 5.92. The highest BCUT2D eigenvalue weighted by molar-refractivity contribution is 5.87. The molecule has 2 heterocycles. The number of aryl methyl sites for hydroxylation is 3. The second-order valence-corrected chi connectivity index (χ2v) is 9.50. The predicted molar refractivity (Wildman–Crippen MR) is 144 cm³/mol. The molecule has 2 atom stereocenters. The highest BCUT2D eigenvalue weighted by Crippen LogP contribution is 2.33. The van der Waals surface area contributed by atoms with E-state index >= 15 is 0 Å². The predicted octanol–water partition coefficient (Wildman–Crippen LogP) is 5.64. The molecule has 0 fully saturated rings. The first-order valence-electron chi connectivity index (χ1n) is 12.2. The van der Waals surface area contributed by atoms with E-state index in [0.29, 0.717) is 11.1 Å². The van der Waals surface area contributed by atoms with Crippen molar-refractivity contribution in [2.45, 2.75) is 45.6 Å². The lowest BCUT2D eigenvalue weighted by atomic mass is 9.86.